The van der Waals surface area contributed by atoms with Gasteiger partial charge in [-0.3, -0.25) is 0 Å². The number of methoxy groups -OCH3 is 2. The first-order chi connectivity index (χ1) is 43.5. The predicted octanol–water partition coefficient (Wildman–Crippen LogP) is 23.1. The van der Waals surface area contributed by atoms with Crippen LogP contribution in [-0.4, -0.2) is 14.2 Å². The topological polar surface area (TPSA) is 18.5 Å². The van der Waals surface area contributed by atoms with Crippen LogP contribution in [0.3, 0.4) is 0 Å². The molecule has 11 rings (SSSR count). The summed E-state index contributed by atoms with van der Waals surface area (Å²) in [5.74, 6) is 1.67. The molecule has 0 saturated heterocycles. The third kappa shape index (κ3) is 14.1. The molecular formula is C88H84O2. The molecule has 0 aliphatic carbocycles. The van der Waals surface area contributed by atoms with E-state index in [0.29, 0.717) is 0 Å². The van der Waals surface area contributed by atoms with Crippen molar-refractivity contribution in [3.63, 3.8) is 0 Å². The summed E-state index contributed by atoms with van der Waals surface area (Å²) in [6.07, 6.45) is 9.33. The van der Waals surface area contributed by atoms with Crippen molar-refractivity contribution in [2.45, 2.75) is 83.1 Å². The fourth-order valence-electron chi connectivity index (χ4n) is 12.3. The highest BCUT2D eigenvalue weighted by Gasteiger charge is 2.23. The van der Waals surface area contributed by atoms with Crippen molar-refractivity contribution in [2.75, 3.05) is 14.2 Å². The fourth-order valence-corrected chi connectivity index (χ4v) is 12.3. The zero-order valence-electron chi connectivity index (χ0n) is 55.1. The van der Waals surface area contributed by atoms with E-state index >= 15 is 0 Å². The Labute approximate surface area is 537 Å². The molecule has 0 heterocycles. The summed E-state index contributed by atoms with van der Waals surface area (Å²) >= 11 is 0. The molecule has 2 nitrogen and oxygen atoms in total. The lowest BCUT2D eigenvalue weighted by Crippen LogP contribution is -2.06. The average molecular weight is 1170 g/mol. The number of hydrogen-bond acceptors (Lipinski definition) is 2. The van der Waals surface area contributed by atoms with E-state index < -0.39 is 0 Å². The van der Waals surface area contributed by atoms with E-state index in [2.05, 4.69) is 320 Å². The molecule has 90 heavy (non-hydrogen) atoms. The first-order valence-corrected chi connectivity index (χ1v) is 31.4. The molecule has 0 aliphatic heterocycles. The van der Waals surface area contributed by atoms with Gasteiger partial charge < -0.3 is 9.47 Å². The maximum absolute atomic E-state index is 5.83. The summed E-state index contributed by atoms with van der Waals surface area (Å²) in [7, 11) is 3.42. The van der Waals surface area contributed by atoms with Crippen LogP contribution in [0.2, 0.25) is 0 Å². The van der Waals surface area contributed by atoms with Crippen LogP contribution in [0, 0.1) is 83.1 Å². The van der Waals surface area contributed by atoms with Crippen LogP contribution in [-0.2, 0) is 0 Å². The first-order valence-electron chi connectivity index (χ1n) is 31.4. The number of hydrogen-bond donors (Lipinski definition) is 0. The van der Waals surface area contributed by atoms with Gasteiger partial charge in [-0.2, -0.15) is 0 Å². The molecule has 11 aromatic rings. The minimum Gasteiger partial charge on any atom is -0.497 e. The van der Waals surface area contributed by atoms with Gasteiger partial charge in [-0.15, -0.1) is 0 Å². The Morgan fingerprint density at radius 2 is 0.533 bits per heavy atom. The summed E-state index contributed by atoms with van der Waals surface area (Å²) in [6, 6.07) is 81.9. The fraction of sp³-hybridized carbons (Fsp3) is 0.159. The predicted molar refractivity (Wildman–Crippen MR) is 388 cm³/mol. The van der Waals surface area contributed by atoms with Gasteiger partial charge in [0.1, 0.15) is 11.5 Å². The van der Waals surface area contributed by atoms with Gasteiger partial charge in [-0.25, -0.2) is 0 Å². The van der Waals surface area contributed by atoms with Gasteiger partial charge in [0.15, 0.2) is 0 Å². The maximum atomic E-state index is 5.83. The Kier molecular flexibility index (Phi) is 19.9. The van der Waals surface area contributed by atoms with Gasteiger partial charge >= 0.3 is 0 Å². The molecule has 0 aliphatic rings. The molecule has 0 spiro atoms. The van der Waals surface area contributed by atoms with Crippen molar-refractivity contribution in [1.82, 2.24) is 0 Å². The van der Waals surface area contributed by atoms with Crippen molar-refractivity contribution in [2.24, 2.45) is 0 Å². The van der Waals surface area contributed by atoms with Crippen molar-refractivity contribution in [3.05, 3.63) is 364 Å². The molecular weight excluding hydrogens is 1090 g/mol. The summed E-state index contributed by atoms with van der Waals surface area (Å²) < 4.78 is 11.2. The second kappa shape index (κ2) is 28.4. The monoisotopic (exact) mass is 1170 g/mol. The average Bonchev–Trinajstić information content (AvgIpc) is 0.786. The third-order valence-corrected chi connectivity index (χ3v) is 18.2. The molecule has 0 atom stereocenters. The zero-order valence-corrected chi connectivity index (χ0v) is 55.1. The minimum absolute atomic E-state index is 0.833. The summed E-state index contributed by atoms with van der Waals surface area (Å²) in [4.78, 5) is 0. The molecule has 2 heteroatoms. The Balaban J connectivity index is 0.000000203. The van der Waals surface area contributed by atoms with Crippen molar-refractivity contribution in [1.29, 1.82) is 0 Å². The normalized spacial score (nSPS) is 11.6. The Bertz CT molecular complexity index is 4170. The van der Waals surface area contributed by atoms with Gasteiger partial charge in [0.2, 0.25) is 0 Å². The lowest BCUT2D eigenvalue weighted by atomic mass is 9.78. The number of rotatable bonds is 15. The first kappa shape index (κ1) is 63.0. The van der Waals surface area contributed by atoms with Crippen LogP contribution in [0.4, 0.5) is 0 Å². The van der Waals surface area contributed by atoms with E-state index in [0.717, 1.165) is 44.9 Å². The molecule has 11 aromatic carbocycles. The van der Waals surface area contributed by atoms with Crippen LogP contribution < -0.4 is 9.47 Å². The van der Waals surface area contributed by atoms with Crippen molar-refractivity contribution >= 4 is 46.6 Å². The van der Waals surface area contributed by atoms with Crippen LogP contribution in [0.5, 0.6) is 11.5 Å². The molecule has 0 radical (unpaired) electrons. The van der Waals surface area contributed by atoms with Crippen LogP contribution in [0.25, 0.3) is 57.7 Å². The van der Waals surface area contributed by atoms with E-state index in [4.69, 9.17) is 9.47 Å². The molecule has 0 unspecified atom stereocenters. The van der Waals surface area contributed by atoms with E-state index in [9.17, 15) is 0 Å². The van der Waals surface area contributed by atoms with Gasteiger partial charge in [0, 0.05) is 5.56 Å². The van der Waals surface area contributed by atoms with Crippen LogP contribution in [0.1, 0.15) is 134 Å². The largest absolute Gasteiger partial charge is 0.497 e. The Hall–Kier alpha value is -10.0. The highest BCUT2D eigenvalue weighted by Crippen LogP contribution is 2.44. The molecule has 0 aromatic heterocycles. The highest BCUT2D eigenvalue weighted by atomic mass is 16.5. The number of benzene rings is 11. The standard InChI is InChI=1S/C50H50.C38H34O2/c1-31-21-25-43(26-22-31)47(41-17-13-11-14-18-41)29-45-33(3)37(7)49(38(8)34(45)4)50-39(9)35(5)46(36(6)40(50)10)30-48(42-19-15-12-16-20-42)44-27-23-32(2)24-28-44;1-27-10-15-31(16-11-27)37(32-17-12-28(2)13-18-32)26-34-24-29(14-23-38(34)40-4)25-36(30-8-6-5-7-9-30)33-19-21-35(39-3)22-20-33/h11-30H,1-10H3;5-26H,1-4H3/b;36-25+. The van der Waals surface area contributed by atoms with Gasteiger partial charge in [-0.05, 0) is 271 Å². The highest BCUT2D eigenvalue weighted by molar-refractivity contribution is 5.98. The molecule has 0 N–H and O–H groups in total. The van der Waals surface area contributed by atoms with Crippen LogP contribution >= 0.6 is 0 Å². The molecule has 0 amide bonds. The smallest absolute Gasteiger partial charge is 0.126 e. The van der Waals surface area contributed by atoms with Crippen LogP contribution in [0.15, 0.2) is 231 Å². The minimum atomic E-state index is 0.833. The lowest BCUT2D eigenvalue weighted by Gasteiger charge is -2.26. The van der Waals surface area contributed by atoms with Gasteiger partial charge in [-0.1, -0.05) is 229 Å². The van der Waals surface area contributed by atoms with E-state index in [1.807, 2.05) is 18.2 Å². The zero-order chi connectivity index (χ0) is 63.6. The van der Waals surface area contributed by atoms with E-state index in [1.165, 1.54) is 134 Å². The third-order valence-electron chi connectivity index (χ3n) is 18.2. The number of ether oxygens (including phenoxy) is 2. The van der Waals surface area contributed by atoms with Gasteiger partial charge in [0.05, 0.1) is 14.2 Å². The van der Waals surface area contributed by atoms with Crippen molar-refractivity contribution in [3.8, 4) is 22.6 Å². The van der Waals surface area contributed by atoms with E-state index in [1.54, 1.807) is 14.2 Å². The summed E-state index contributed by atoms with van der Waals surface area (Å²) in [5.41, 5.74) is 37.7. The summed E-state index contributed by atoms with van der Waals surface area (Å²) in [6.45, 7) is 27.1. The molecule has 448 valence electrons. The number of aryl methyl sites for hydroxylation is 4. The Morgan fingerprint density at radius 1 is 0.256 bits per heavy atom. The van der Waals surface area contributed by atoms with Gasteiger partial charge in [0.25, 0.3) is 0 Å². The van der Waals surface area contributed by atoms with Crippen molar-refractivity contribution < 1.29 is 9.47 Å². The molecule has 0 saturated carbocycles. The second-order valence-electron chi connectivity index (χ2n) is 24.1. The second-order valence-corrected chi connectivity index (χ2v) is 24.1. The molecule has 0 bridgehead atoms. The SMILES string of the molecule is COc1ccc(/C(=C/c2ccc(OC)c(C=C(c3ccc(C)cc3)c3ccc(C)cc3)c2)c2ccccc2)cc1.Cc1ccc(C(=Cc2c(C)c(C)c(-c3c(C)c(C)c(C=C(c4ccccc4)c4ccc(C)cc4)c(C)c3C)c(C)c2C)c2ccccc2)cc1. The maximum Gasteiger partial charge on any atom is 0.126 e. The quantitative estimate of drug-likeness (QED) is 0.0953. The lowest BCUT2D eigenvalue weighted by molar-refractivity contribution is 0.414. The summed E-state index contributed by atoms with van der Waals surface area (Å²) in [5, 5.41) is 0. The molecule has 0 fully saturated rings. The Morgan fingerprint density at radius 3 is 0.833 bits per heavy atom. The van der Waals surface area contributed by atoms with E-state index in [-0.39, 0.29) is 0 Å².